The maximum atomic E-state index is 13.2. The fourth-order valence-corrected chi connectivity index (χ4v) is 5.64. The van der Waals surface area contributed by atoms with Gasteiger partial charge in [0.15, 0.2) is 9.84 Å². The summed E-state index contributed by atoms with van der Waals surface area (Å²) in [6, 6.07) is 7.43. The summed E-state index contributed by atoms with van der Waals surface area (Å²) in [5.41, 5.74) is 0.743. The van der Waals surface area contributed by atoms with Crippen molar-refractivity contribution in [2.45, 2.75) is 39.2 Å². The molecule has 1 aromatic rings. The first-order valence-corrected chi connectivity index (χ1v) is 10.8. The van der Waals surface area contributed by atoms with Crippen LogP contribution in [0.15, 0.2) is 24.3 Å². The van der Waals surface area contributed by atoms with E-state index >= 15 is 0 Å². The molecule has 0 aromatic heterocycles. The zero-order valence-corrected chi connectivity index (χ0v) is 16.4. The maximum absolute atomic E-state index is 13.2. The molecule has 1 aromatic carbocycles. The minimum atomic E-state index is -3.09. The molecule has 0 aliphatic carbocycles. The lowest BCUT2D eigenvalue weighted by Crippen LogP contribution is -2.53. The fourth-order valence-electron chi connectivity index (χ4n) is 3.86. The number of benzene rings is 1. The van der Waals surface area contributed by atoms with Gasteiger partial charge >= 0.3 is 0 Å². The summed E-state index contributed by atoms with van der Waals surface area (Å²) in [7, 11) is -1.49. The number of carbonyl (C=O) groups is 2. The highest BCUT2D eigenvalue weighted by Crippen LogP contribution is 2.32. The monoisotopic (exact) mass is 378 g/mol. The quantitative estimate of drug-likeness (QED) is 0.750. The first-order chi connectivity index (χ1) is 12.1. The molecular formula is C19H26N2O4S. The molecule has 0 saturated carbocycles. The van der Waals surface area contributed by atoms with E-state index < -0.39 is 15.3 Å². The highest BCUT2D eigenvalue weighted by Gasteiger charge is 2.45. The van der Waals surface area contributed by atoms with E-state index in [2.05, 4.69) is 0 Å². The Morgan fingerprint density at radius 2 is 1.92 bits per heavy atom. The summed E-state index contributed by atoms with van der Waals surface area (Å²) in [4.78, 5) is 29.4. The molecule has 2 amide bonds. The van der Waals surface area contributed by atoms with E-state index in [1.165, 1.54) is 4.90 Å². The van der Waals surface area contributed by atoms with E-state index in [4.69, 9.17) is 0 Å². The van der Waals surface area contributed by atoms with Crippen molar-refractivity contribution in [2.75, 3.05) is 30.0 Å². The van der Waals surface area contributed by atoms with Crippen LogP contribution in [0, 0.1) is 5.41 Å². The Hall–Kier alpha value is -1.89. The molecule has 2 heterocycles. The summed E-state index contributed by atoms with van der Waals surface area (Å²) in [5, 5.41) is 0. The first kappa shape index (κ1) is 18.9. The van der Waals surface area contributed by atoms with Crippen LogP contribution in [0.4, 0.5) is 5.69 Å². The van der Waals surface area contributed by atoms with Gasteiger partial charge in [-0.3, -0.25) is 9.59 Å². The van der Waals surface area contributed by atoms with Crippen molar-refractivity contribution >= 4 is 27.3 Å². The van der Waals surface area contributed by atoms with Gasteiger partial charge in [-0.15, -0.1) is 0 Å². The molecule has 3 rings (SSSR count). The molecule has 6 nitrogen and oxygen atoms in total. The van der Waals surface area contributed by atoms with E-state index in [1.54, 1.807) is 25.8 Å². The van der Waals surface area contributed by atoms with Crippen LogP contribution in [-0.2, 0) is 25.8 Å². The van der Waals surface area contributed by atoms with Crippen LogP contribution >= 0.6 is 0 Å². The topological polar surface area (TPSA) is 74.8 Å². The van der Waals surface area contributed by atoms with Crippen LogP contribution in [0.25, 0.3) is 0 Å². The molecule has 0 bridgehead atoms. The van der Waals surface area contributed by atoms with Gasteiger partial charge in [0, 0.05) is 25.3 Å². The van der Waals surface area contributed by atoms with Crippen molar-refractivity contribution < 1.29 is 18.0 Å². The number of sulfone groups is 1. The summed E-state index contributed by atoms with van der Waals surface area (Å²) in [6.45, 7) is 3.86. The van der Waals surface area contributed by atoms with Gasteiger partial charge < -0.3 is 9.80 Å². The van der Waals surface area contributed by atoms with Gasteiger partial charge in [-0.05, 0) is 44.7 Å². The third kappa shape index (κ3) is 3.37. The summed E-state index contributed by atoms with van der Waals surface area (Å²) in [6.07, 6.45) is 2.22. The fraction of sp³-hybridized carbons (Fsp3) is 0.579. The van der Waals surface area contributed by atoms with E-state index in [-0.39, 0.29) is 29.4 Å². The lowest BCUT2D eigenvalue weighted by atomic mass is 9.87. The minimum absolute atomic E-state index is 0.0218. The predicted octanol–water partition coefficient (Wildman–Crippen LogP) is 1.64. The van der Waals surface area contributed by atoms with Crippen molar-refractivity contribution in [2.24, 2.45) is 5.41 Å². The smallest absolute Gasteiger partial charge is 0.242 e. The van der Waals surface area contributed by atoms with Crippen LogP contribution < -0.4 is 4.90 Å². The van der Waals surface area contributed by atoms with Crippen LogP contribution in [0.3, 0.4) is 0 Å². The average Bonchev–Trinajstić information content (AvgIpc) is 2.99. The molecule has 7 heteroatoms. The lowest BCUT2D eigenvalue weighted by molar-refractivity contribution is -0.147. The normalized spacial score (nSPS) is 22.0. The highest BCUT2D eigenvalue weighted by atomic mass is 32.2. The molecule has 0 spiro atoms. The van der Waals surface area contributed by atoms with Gasteiger partial charge in [-0.1, -0.05) is 18.2 Å². The van der Waals surface area contributed by atoms with Crippen molar-refractivity contribution in [1.82, 2.24) is 4.90 Å². The van der Waals surface area contributed by atoms with Crippen molar-refractivity contribution in [3.05, 3.63) is 29.8 Å². The second-order valence-corrected chi connectivity index (χ2v) is 10.0. The number of amides is 2. The Morgan fingerprint density at radius 1 is 1.23 bits per heavy atom. The Balaban J connectivity index is 1.81. The molecule has 142 valence electrons. The highest BCUT2D eigenvalue weighted by molar-refractivity contribution is 7.91. The molecule has 1 saturated heterocycles. The number of nitrogens with zero attached hydrogens (tertiary/aromatic N) is 2. The number of fused-ring (bicyclic) bond motifs is 1. The Kier molecular flexibility index (Phi) is 4.86. The van der Waals surface area contributed by atoms with Crippen LogP contribution in [0.1, 0.15) is 32.3 Å². The standard InChI is InChI=1S/C19H26N2O4S/c1-19(2,17(22)20(3)15-10-12-26(24,25)13-15)18(23)21-11-6-8-14-7-4-5-9-16(14)21/h4-5,7,9,15H,6,8,10-13H2,1-3H3. The second kappa shape index (κ2) is 6.68. The molecule has 1 fully saturated rings. The summed E-state index contributed by atoms with van der Waals surface area (Å²) >= 11 is 0. The first-order valence-electron chi connectivity index (χ1n) is 9.01. The third-order valence-electron chi connectivity index (χ3n) is 5.50. The van der Waals surface area contributed by atoms with Gasteiger partial charge in [-0.25, -0.2) is 8.42 Å². The molecule has 0 radical (unpaired) electrons. The van der Waals surface area contributed by atoms with Crippen LogP contribution in [0.2, 0.25) is 0 Å². The number of rotatable bonds is 3. The molecular weight excluding hydrogens is 352 g/mol. The Bertz CT molecular complexity index is 832. The third-order valence-corrected chi connectivity index (χ3v) is 7.25. The molecule has 0 N–H and O–H groups in total. The number of carbonyl (C=O) groups excluding carboxylic acids is 2. The zero-order valence-electron chi connectivity index (χ0n) is 15.6. The molecule has 26 heavy (non-hydrogen) atoms. The van der Waals surface area contributed by atoms with E-state index in [9.17, 15) is 18.0 Å². The maximum Gasteiger partial charge on any atom is 0.242 e. The van der Waals surface area contributed by atoms with E-state index in [0.29, 0.717) is 13.0 Å². The second-order valence-electron chi connectivity index (χ2n) is 7.79. The molecule has 2 aliphatic rings. The van der Waals surface area contributed by atoms with Gasteiger partial charge in [0.25, 0.3) is 0 Å². The van der Waals surface area contributed by atoms with Crippen molar-refractivity contribution in [1.29, 1.82) is 0 Å². The number of para-hydroxylation sites is 1. The zero-order chi connectivity index (χ0) is 19.1. The van der Waals surface area contributed by atoms with Gasteiger partial charge in [-0.2, -0.15) is 0 Å². The summed E-state index contributed by atoms with van der Waals surface area (Å²) < 4.78 is 23.4. The molecule has 2 aliphatic heterocycles. The average molecular weight is 378 g/mol. The minimum Gasteiger partial charge on any atom is -0.341 e. The SMILES string of the molecule is CN(C(=O)C(C)(C)C(=O)N1CCCc2ccccc21)C1CCS(=O)(=O)C1. The number of aryl methyl sites for hydroxylation is 1. The largest absolute Gasteiger partial charge is 0.341 e. The van der Waals surface area contributed by atoms with Gasteiger partial charge in [0.2, 0.25) is 11.8 Å². The molecule has 1 unspecified atom stereocenters. The number of hydrogen-bond donors (Lipinski definition) is 0. The van der Waals surface area contributed by atoms with Crippen molar-refractivity contribution in [3.8, 4) is 0 Å². The van der Waals surface area contributed by atoms with Crippen molar-refractivity contribution in [3.63, 3.8) is 0 Å². The predicted molar refractivity (Wildman–Crippen MR) is 101 cm³/mol. The van der Waals surface area contributed by atoms with E-state index in [0.717, 1.165) is 24.1 Å². The van der Waals surface area contributed by atoms with Gasteiger partial charge in [0.05, 0.1) is 11.5 Å². The van der Waals surface area contributed by atoms with Gasteiger partial charge in [0.1, 0.15) is 5.41 Å². The number of hydrogen-bond acceptors (Lipinski definition) is 4. The summed E-state index contributed by atoms with van der Waals surface area (Å²) in [5.74, 6) is -0.482. The Morgan fingerprint density at radius 3 is 2.58 bits per heavy atom. The van der Waals surface area contributed by atoms with E-state index in [1.807, 2.05) is 24.3 Å². The number of anilines is 1. The lowest BCUT2D eigenvalue weighted by Gasteiger charge is -2.37. The Labute approximate surface area is 155 Å². The molecule has 1 atom stereocenters. The van der Waals surface area contributed by atoms with Crippen LogP contribution in [0.5, 0.6) is 0 Å². The van der Waals surface area contributed by atoms with Crippen LogP contribution in [-0.4, -0.2) is 56.3 Å².